The Morgan fingerprint density at radius 2 is 1.61 bits per heavy atom. The molecule has 1 aliphatic carbocycles. The van der Waals surface area contributed by atoms with Crippen LogP contribution in [0.1, 0.15) is 6.42 Å². The lowest BCUT2D eigenvalue weighted by atomic mass is 9.69. The Morgan fingerprint density at radius 1 is 1.11 bits per heavy atom. The summed E-state index contributed by atoms with van der Waals surface area (Å²) in [6, 6.07) is 0. The second-order valence-corrected chi connectivity index (χ2v) is 3.94. The first-order chi connectivity index (χ1) is 8.05. The van der Waals surface area contributed by atoms with Crippen molar-refractivity contribution >= 4 is 17.9 Å². The van der Waals surface area contributed by atoms with Crippen molar-refractivity contribution < 1.29 is 45.0 Å². The zero-order valence-electron chi connectivity index (χ0n) is 8.77. The zero-order valence-corrected chi connectivity index (χ0v) is 8.77. The van der Waals surface area contributed by atoms with Crippen molar-refractivity contribution in [2.24, 2.45) is 5.92 Å². The van der Waals surface area contributed by atoms with Crippen molar-refractivity contribution in [1.29, 1.82) is 0 Å². The number of carboxylic acids is 3. The van der Waals surface area contributed by atoms with E-state index < -0.39 is 47.2 Å². The van der Waals surface area contributed by atoms with Crippen molar-refractivity contribution in [3.63, 3.8) is 0 Å². The molecule has 0 saturated heterocycles. The predicted octanol–water partition coefficient (Wildman–Crippen LogP) is -1.84. The van der Waals surface area contributed by atoms with Gasteiger partial charge in [0.1, 0.15) is 5.92 Å². The van der Waals surface area contributed by atoms with Crippen LogP contribution in [0.25, 0.3) is 0 Å². The highest BCUT2D eigenvalue weighted by molar-refractivity contribution is 5.94. The Balaban J connectivity index is 3.53. The predicted molar refractivity (Wildman–Crippen MR) is 51.6 cm³/mol. The second-order valence-electron chi connectivity index (χ2n) is 3.94. The molecule has 0 aliphatic heterocycles. The van der Waals surface area contributed by atoms with E-state index in [9.17, 15) is 29.7 Å². The molecule has 3 atom stereocenters. The first-order valence-corrected chi connectivity index (χ1v) is 4.60. The van der Waals surface area contributed by atoms with Gasteiger partial charge in [-0.2, -0.15) is 0 Å². The normalized spacial score (nSPS) is 35.7. The molecule has 1 rings (SSSR count). The van der Waals surface area contributed by atoms with Gasteiger partial charge < -0.3 is 30.6 Å². The van der Waals surface area contributed by atoms with E-state index in [-0.39, 0.29) is 0 Å². The van der Waals surface area contributed by atoms with Crippen LogP contribution in [0, 0.1) is 5.92 Å². The summed E-state index contributed by atoms with van der Waals surface area (Å²) in [5, 5.41) is 55.0. The second kappa shape index (κ2) is 3.96. The lowest BCUT2D eigenvalue weighted by molar-refractivity contribution is -0.199. The molecule has 0 heterocycles. The van der Waals surface area contributed by atoms with E-state index in [1.807, 2.05) is 0 Å². The van der Waals surface area contributed by atoms with Crippen LogP contribution >= 0.6 is 0 Å². The largest absolute Gasteiger partial charge is 0.512 e. The van der Waals surface area contributed by atoms with E-state index in [0.29, 0.717) is 6.08 Å². The smallest absolute Gasteiger partial charge is 0.340 e. The average Bonchev–Trinajstić information content (AvgIpc) is 2.14. The van der Waals surface area contributed by atoms with Gasteiger partial charge in [-0.25, -0.2) is 9.59 Å². The van der Waals surface area contributed by atoms with Gasteiger partial charge in [-0.3, -0.25) is 4.79 Å². The molecule has 0 saturated carbocycles. The third-order valence-electron chi connectivity index (χ3n) is 2.71. The lowest BCUT2D eigenvalue weighted by Crippen LogP contribution is -2.64. The van der Waals surface area contributed by atoms with Crippen LogP contribution in [0.5, 0.6) is 0 Å². The number of hydrogen-bond donors (Lipinski definition) is 6. The molecule has 1 aliphatic rings. The SMILES string of the molecule is O=C(O)C1C(O)(C(=O)O)C=C(O)CC1(O)C(=O)O. The van der Waals surface area contributed by atoms with Crippen LogP contribution < -0.4 is 0 Å². The number of aliphatic hydroxyl groups excluding tert-OH is 1. The van der Waals surface area contributed by atoms with E-state index in [0.717, 1.165) is 0 Å². The number of aliphatic carboxylic acids is 3. The van der Waals surface area contributed by atoms with Crippen molar-refractivity contribution in [3.8, 4) is 0 Å². The molecule has 6 N–H and O–H groups in total. The molecule has 0 radical (unpaired) electrons. The third-order valence-corrected chi connectivity index (χ3v) is 2.71. The van der Waals surface area contributed by atoms with Crippen LogP contribution in [0.15, 0.2) is 11.8 Å². The molecule has 9 heteroatoms. The topological polar surface area (TPSA) is 173 Å². The molecule has 0 aromatic carbocycles. The standard InChI is InChI=1S/C9H10O9/c10-3-1-8(17,6(13)14)4(5(11)12)9(18,2-3)7(15)16/h1,4,10,17-18H,2H2,(H,11,12)(H,13,14)(H,15,16). The quantitative estimate of drug-likeness (QED) is 0.341. The number of rotatable bonds is 3. The van der Waals surface area contributed by atoms with Crippen molar-refractivity contribution in [2.75, 3.05) is 0 Å². The fourth-order valence-corrected chi connectivity index (χ4v) is 1.91. The Morgan fingerprint density at radius 3 is 1.94 bits per heavy atom. The monoisotopic (exact) mass is 262 g/mol. The van der Waals surface area contributed by atoms with Gasteiger partial charge in [0.15, 0.2) is 5.60 Å². The van der Waals surface area contributed by atoms with Crippen LogP contribution in [-0.2, 0) is 14.4 Å². The van der Waals surface area contributed by atoms with Crippen molar-refractivity contribution in [2.45, 2.75) is 17.6 Å². The molecule has 0 aromatic heterocycles. The summed E-state index contributed by atoms with van der Waals surface area (Å²) in [5.41, 5.74) is -6.35. The number of aliphatic hydroxyl groups is 3. The van der Waals surface area contributed by atoms with Crippen LogP contribution in [0.2, 0.25) is 0 Å². The Hall–Kier alpha value is -2.13. The van der Waals surface area contributed by atoms with Gasteiger partial charge in [0.05, 0.1) is 5.76 Å². The summed E-state index contributed by atoms with van der Waals surface area (Å²) in [6.07, 6.45) is -0.722. The van der Waals surface area contributed by atoms with E-state index in [1.165, 1.54) is 0 Å². The molecule has 3 unspecified atom stereocenters. The highest BCUT2D eigenvalue weighted by Gasteiger charge is 2.64. The molecule has 0 amide bonds. The molecule has 0 spiro atoms. The molecule has 100 valence electrons. The minimum atomic E-state index is -3.22. The Kier molecular flexibility index (Phi) is 3.07. The zero-order chi connectivity index (χ0) is 14.3. The first kappa shape index (κ1) is 13.9. The maximum atomic E-state index is 10.9. The molecule has 0 fully saturated rings. The Labute approximate surface area is 99.2 Å². The van der Waals surface area contributed by atoms with Gasteiger partial charge in [-0.1, -0.05) is 0 Å². The third kappa shape index (κ3) is 1.79. The summed E-state index contributed by atoms with van der Waals surface area (Å²) in [6.45, 7) is 0. The van der Waals surface area contributed by atoms with E-state index in [1.54, 1.807) is 0 Å². The molecule has 9 nitrogen and oxygen atoms in total. The minimum absolute atomic E-state index is 0.297. The van der Waals surface area contributed by atoms with Crippen molar-refractivity contribution in [1.82, 2.24) is 0 Å². The van der Waals surface area contributed by atoms with Crippen LogP contribution in [0.4, 0.5) is 0 Å². The molecule has 0 bridgehead atoms. The van der Waals surface area contributed by atoms with Gasteiger partial charge in [0.2, 0.25) is 5.60 Å². The number of carbonyl (C=O) groups is 3. The summed E-state index contributed by atoms with van der Waals surface area (Å²) in [5.74, 6) is -9.66. The lowest BCUT2D eigenvalue weighted by Gasteiger charge is -2.39. The number of carboxylic acid groups (broad SMARTS) is 3. The van der Waals surface area contributed by atoms with Gasteiger partial charge in [-0.05, 0) is 6.08 Å². The fraction of sp³-hybridized carbons (Fsp3) is 0.444. The van der Waals surface area contributed by atoms with Crippen LogP contribution in [0.3, 0.4) is 0 Å². The first-order valence-electron chi connectivity index (χ1n) is 4.60. The summed E-state index contributed by atoms with van der Waals surface area (Å²) >= 11 is 0. The molecular formula is C9H10O9. The van der Waals surface area contributed by atoms with E-state index >= 15 is 0 Å². The summed E-state index contributed by atoms with van der Waals surface area (Å²) in [7, 11) is 0. The fourth-order valence-electron chi connectivity index (χ4n) is 1.91. The van der Waals surface area contributed by atoms with Crippen LogP contribution in [-0.4, -0.2) is 59.7 Å². The average molecular weight is 262 g/mol. The van der Waals surface area contributed by atoms with Gasteiger partial charge >= 0.3 is 17.9 Å². The number of hydrogen-bond acceptors (Lipinski definition) is 6. The highest BCUT2D eigenvalue weighted by Crippen LogP contribution is 2.40. The highest BCUT2D eigenvalue weighted by atomic mass is 16.4. The van der Waals surface area contributed by atoms with Gasteiger partial charge in [-0.15, -0.1) is 0 Å². The molecule has 18 heavy (non-hydrogen) atoms. The van der Waals surface area contributed by atoms with E-state index in [2.05, 4.69) is 0 Å². The van der Waals surface area contributed by atoms with Crippen molar-refractivity contribution in [3.05, 3.63) is 11.8 Å². The minimum Gasteiger partial charge on any atom is -0.512 e. The molecular weight excluding hydrogens is 252 g/mol. The van der Waals surface area contributed by atoms with Gasteiger partial charge in [0.25, 0.3) is 0 Å². The maximum absolute atomic E-state index is 10.9. The maximum Gasteiger partial charge on any atom is 0.340 e. The van der Waals surface area contributed by atoms with Gasteiger partial charge in [0, 0.05) is 6.42 Å². The van der Waals surface area contributed by atoms with E-state index in [4.69, 9.17) is 15.3 Å². The Bertz CT molecular complexity index is 453. The molecule has 0 aromatic rings. The summed E-state index contributed by atoms with van der Waals surface area (Å²) < 4.78 is 0. The summed E-state index contributed by atoms with van der Waals surface area (Å²) in [4.78, 5) is 32.7.